The highest BCUT2D eigenvalue weighted by atomic mass is 16.6. The highest BCUT2D eigenvalue weighted by Crippen LogP contribution is 2.50. The Labute approximate surface area is 237 Å². The molecule has 216 valence electrons. The van der Waals surface area contributed by atoms with Crippen molar-refractivity contribution in [3.63, 3.8) is 0 Å². The summed E-state index contributed by atoms with van der Waals surface area (Å²) in [6.07, 6.45) is 1.67. The SMILES string of the molecule is CCCCC(=O)Oc1c(C(C)(C)C)cc(C)c(C)c1-c1c(C)c(C)cc(C(C)(C)C)c1OC(=O)N(CC)CC. The molecule has 0 saturated heterocycles. The van der Waals surface area contributed by atoms with Crippen molar-refractivity contribution in [3.05, 3.63) is 45.5 Å². The number of esters is 1. The average Bonchev–Trinajstić information content (AvgIpc) is 2.82. The van der Waals surface area contributed by atoms with E-state index in [9.17, 15) is 9.59 Å². The standard InChI is InChI=1S/C34H51NO4/c1-14-17-18-27(36)38-30-25(33(8,9)10)19-21(4)23(6)28(30)29-24(7)22(5)20-26(34(11,12)13)31(29)39-32(37)35(15-2)16-3/h19-20H,14-18H2,1-13H3. The Balaban J connectivity index is 3.11. The average molecular weight is 538 g/mol. The van der Waals surface area contributed by atoms with Gasteiger partial charge in [-0.1, -0.05) is 67.0 Å². The molecule has 0 radical (unpaired) electrons. The lowest BCUT2D eigenvalue weighted by Gasteiger charge is -2.31. The third-order valence-corrected chi connectivity index (χ3v) is 7.63. The van der Waals surface area contributed by atoms with Gasteiger partial charge in [-0.2, -0.15) is 0 Å². The molecule has 2 rings (SSSR count). The summed E-state index contributed by atoms with van der Waals surface area (Å²) in [6.45, 7) is 28.2. The topological polar surface area (TPSA) is 55.8 Å². The lowest BCUT2D eigenvalue weighted by atomic mass is 9.77. The minimum absolute atomic E-state index is 0.241. The fourth-order valence-corrected chi connectivity index (χ4v) is 4.83. The molecule has 2 aromatic rings. The predicted octanol–water partition coefficient (Wildman–Crippen LogP) is 9.12. The zero-order chi connectivity index (χ0) is 29.9. The van der Waals surface area contributed by atoms with E-state index in [1.54, 1.807) is 4.90 Å². The van der Waals surface area contributed by atoms with E-state index in [1.807, 2.05) is 13.8 Å². The lowest BCUT2D eigenvalue weighted by molar-refractivity contribution is -0.134. The van der Waals surface area contributed by atoms with Crippen molar-refractivity contribution in [1.82, 2.24) is 4.90 Å². The number of nitrogens with zero attached hydrogens (tertiary/aromatic N) is 1. The molecule has 0 aliphatic carbocycles. The summed E-state index contributed by atoms with van der Waals surface area (Å²) in [4.78, 5) is 28.2. The molecule has 0 aliphatic rings. The van der Waals surface area contributed by atoms with Gasteiger partial charge in [-0.25, -0.2) is 4.79 Å². The third kappa shape index (κ3) is 7.23. The number of hydrogen-bond acceptors (Lipinski definition) is 4. The molecule has 2 aromatic carbocycles. The number of rotatable bonds is 8. The molecule has 39 heavy (non-hydrogen) atoms. The molecule has 0 unspecified atom stereocenters. The van der Waals surface area contributed by atoms with E-state index in [4.69, 9.17) is 9.47 Å². The van der Waals surface area contributed by atoms with E-state index >= 15 is 0 Å². The second-order valence-corrected chi connectivity index (χ2v) is 12.8. The number of aryl methyl sites for hydroxylation is 2. The van der Waals surface area contributed by atoms with Gasteiger partial charge in [0.2, 0.25) is 0 Å². The van der Waals surface area contributed by atoms with E-state index in [1.165, 1.54) is 0 Å². The smallest absolute Gasteiger partial charge is 0.415 e. The van der Waals surface area contributed by atoms with E-state index in [0.29, 0.717) is 31.0 Å². The van der Waals surface area contributed by atoms with Gasteiger partial charge in [-0.3, -0.25) is 4.79 Å². The zero-order valence-electron chi connectivity index (χ0n) is 26.8. The zero-order valence-corrected chi connectivity index (χ0v) is 26.8. The van der Waals surface area contributed by atoms with Crippen molar-refractivity contribution in [1.29, 1.82) is 0 Å². The van der Waals surface area contributed by atoms with Crippen LogP contribution in [0, 0.1) is 27.7 Å². The van der Waals surface area contributed by atoms with Gasteiger partial charge < -0.3 is 14.4 Å². The lowest BCUT2D eigenvalue weighted by Crippen LogP contribution is -2.34. The van der Waals surface area contributed by atoms with Crippen LogP contribution in [0.4, 0.5) is 4.79 Å². The van der Waals surface area contributed by atoms with Crippen LogP contribution in [0.1, 0.15) is 115 Å². The monoisotopic (exact) mass is 537 g/mol. The minimum atomic E-state index is -0.377. The summed E-state index contributed by atoms with van der Waals surface area (Å²) in [6, 6.07) is 4.27. The molecule has 0 spiro atoms. The minimum Gasteiger partial charge on any atom is -0.426 e. The van der Waals surface area contributed by atoms with Gasteiger partial charge in [0.25, 0.3) is 0 Å². The molecule has 5 heteroatoms. The highest BCUT2D eigenvalue weighted by molar-refractivity contribution is 5.89. The second kappa shape index (κ2) is 12.6. The van der Waals surface area contributed by atoms with E-state index in [2.05, 4.69) is 88.3 Å². The largest absolute Gasteiger partial charge is 0.426 e. The number of carbonyl (C=O) groups is 2. The van der Waals surface area contributed by atoms with Crippen LogP contribution < -0.4 is 9.47 Å². The van der Waals surface area contributed by atoms with Crippen molar-refractivity contribution >= 4 is 12.1 Å². The Hall–Kier alpha value is -2.82. The first kappa shape index (κ1) is 32.4. The van der Waals surface area contributed by atoms with Crippen LogP contribution >= 0.6 is 0 Å². The summed E-state index contributed by atoms with van der Waals surface area (Å²) in [5, 5.41) is 0. The second-order valence-electron chi connectivity index (χ2n) is 12.8. The van der Waals surface area contributed by atoms with Crippen LogP contribution in [-0.4, -0.2) is 30.1 Å². The van der Waals surface area contributed by atoms with Gasteiger partial charge in [0, 0.05) is 41.8 Å². The van der Waals surface area contributed by atoms with Crippen LogP contribution in [0.15, 0.2) is 12.1 Å². The van der Waals surface area contributed by atoms with Crippen molar-refractivity contribution < 1.29 is 19.1 Å². The molecule has 0 aliphatic heterocycles. The van der Waals surface area contributed by atoms with Gasteiger partial charge in [-0.05, 0) is 81.0 Å². The normalized spacial score (nSPS) is 11.9. The maximum Gasteiger partial charge on any atom is 0.415 e. The maximum atomic E-state index is 13.4. The Morgan fingerprint density at radius 1 is 0.718 bits per heavy atom. The Bertz CT molecular complexity index is 1210. The molecule has 0 bridgehead atoms. The maximum absolute atomic E-state index is 13.4. The Morgan fingerprint density at radius 3 is 1.49 bits per heavy atom. The van der Waals surface area contributed by atoms with Gasteiger partial charge in [0.05, 0.1) is 0 Å². The van der Waals surface area contributed by atoms with Gasteiger partial charge >= 0.3 is 12.1 Å². The number of ether oxygens (including phenoxy) is 2. The molecule has 0 aromatic heterocycles. The van der Waals surface area contributed by atoms with Crippen molar-refractivity contribution in [3.8, 4) is 22.6 Å². The van der Waals surface area contributed by atoms with Crippen molar-refractivity contribution in [2.24, 2.45) is 0 Å². The Kier molecular flexibility index (Phi) is 10.4. The molecule has 0 N–H and O–H groups in total. The van der Waals surface area contributed by atoms with Crippen LogP contribution in [-0.2, 0) is 15.6 Å². The number of carbonyl (C=O) groups excluding carboxylic acids is 2. The summed E-state index contributed by atoms with van der Waals surface area (Å²) in [7, 11) is 0. The first-order valence-electron chi connectivity index (χ1n) is 14.5. The number of amides is 1. The Morgan fingerprint density at radius 2 is 1.13 bits per heavy atom. The number of benzene rings is 2. The summed E-state index contributed by atoms with van der Waals surface area (Å²) >= 11 is 0. The fraction of sp³-hybridized carbons (Fsp3) is 0.588. The van der Waals surface area contributed by atoms with E-state index in [0.717, 1.165) is 57.3 Å². The van der Waals surface area contributed by atoms with Gasteiger partial charge in [0.15, 0.2) is 0 Å². The summed E-state index contributed by atoms with van der Waals surface area (Å²) in [5.74, 6) is 0.872. The predicted molar refractivity (Wildman–Crippen MR) is 162 cm³/mol. The van der Waals surface area contributed by atoms with E-state index < -0.39 is 0 Å². The third-order valence-electron chi connectivity index (χ3n) is 7.63. The van der Waals surface area contributed by atoms with Gasteiger partial charge in [-0.15, -0.1) is 0 Å². The van der Waals surface area contributed by atoms with Crippen LogP contribution in [0.25, 0.3) is 11.1 Å². The summed E-state index contributed by atoms with van der Waals surface area (Å²) < 4.78 is 12.6. The van der Waals surface area contributed by atoms with Crippen molar-refractivity contribution in [2.75, 3.05) is 13.1 Å². The molecular formula is C34H51NO4. The first-order valence-corrected chi connectivity index (χ1v) is 14.5. The van der Waals surface area contributed by atoms with E-state index in [-0.39, 0.29) is 22.9 Å². The number of unbranched alkanes of at least 4 members (excludes halogenated alkanes) is 1. The molecule has 5 nitrogen and oxygen atoms in total. The molecule has 1 amide bonds. The molecular weight excluding hydrogens is 486 g/mol. The highest BCUT2D eigenvalue weighted by Gasteiger charge is 2.33. The van der Waals surface area contributed by atoms with Gasteiger partial charge in [0.1, 0.15) is 11.5 Å². The molecule has 0 atom stereocenters. The van der Waals surface area contributed by atoms with Crippen molar-refractivity contribution in [2.45, 2.75) is 120 Å². The molecule has 0 saturated carbocycles. The first-order chi connectivity index (χ1) is 18.0. The molecule has 0 heterocycles. The fourth-order valence-electron chi connectivity index (χ4n) is 4.83. The molecule has 0 fully saturated rings. The number of hydrogen-bond donors (Lipinski definition) is 0. The summed E-state index contributed by atoms with van der Waals surface area (Å²) in [5.41, 5.74) is 7.20. The van der Waals surface area contributed by atoms with Crippen LogP contribution in [0.3, 0.4) is 0 Å². The quantitative estimate of drug-likeness (QED) is 0.249. The van der Waals surface area contributed by atoms with Crippen LogP contribution in [0.2, 0.25) is 0 Å². The van der Waals surface area contributed by atoms with Crippen LogP contribution in [0.5, 0.6) is 11.5 Å².